The van der Waals surface area contributed by atoms with E-state index in [1.54, 1.807) is 0 Å². The van der Waals surface area contributed by atoms with Crippen molar-refractivity contribution < 1.29 is 9.50 Å². The Morgan fingerprint density at radius 1 is 1.62 bits per heavy atom. The Morgan fingerprint density at radius 3 is 2.85 bits per heavy atom. The molecule has 1 aliphatic rings. The van der Waals surface area contributed by atoms with E-state index in [1.807, 2.05) is 0 Å². The fraction of sp³-hybridized carbons (Fsp3) is 0.444. The smallest absolute Gasteiger partial charge is 0.147 e. The molecule has 0 aromatic carbocycles. The van der Waals surface area contributed by atoms with Crippen molar-refractivity contribution in [2.75, 3.05) is 0 Å². The topological polar surface area (TPSA) is 59.1 Å². The molecule has 3 N–H and O–H groups in total. The minimum atomic E-state index is -1.06. The first-order chi connectivity index (χ1) is 6.12. The maximum atomic E-state index is 13.2. The van der Waals surface area contributed by atoms with Crippen molar-refractivity contribution in [1.29, 1.82) is 0 Å². The van der Waals surface area contributed by atoms with Gasteiger partial charge in [0.2, 0.25) is 0 Å². The molecule has 1 aromatic heterocycles. The highest BCUT2D eigenvalue weighted by atomic mass is 19.1. The van der Waals surface area contributed by atoms with Gasteiger partial charge in [-0.3, -0.25) is 4.98 Å². The van der Waals surface area contributed by atoms with Gasteiger partial charge in [-0.15, -0.1) is 0 Å². The molecule has 1 saturated carbocycles. The predicted octanol–water partition coefficient (Wildman–Crippen LogP) is 0.529. The number of rotatable bonds is 1. The van der Waals surface area contributed by atoms with E-state index >= 15 is 0 Å². The standard InChI is InChI=1S/C9H11FN2O/c10-8-5-12-2-1-7(8)9(13)3-6(11)4-9/h1-2,5-6,13H,3-4,11H2. The zero-order valence-corrected chi connectivity index (χ0v) is 7.07. The van der Waals surface area contributed by atoms with Gasteiger partial charge in [0.15, 0.2) is 0 Å². The Hall–Kier alpha value is -1.00. The molecule has 1 heterocycles. The van der Waals surface area contributed by atoms with Gasteiger partial charge in [0.1, 0.15) is 5.82 Å². The molecule has 0 saturated heterocycles. The van der Waals surface area contributed by atoms with Gasteiger partial charge < -0.3 is 10.8 Å². The van der Waals surface area contributed by atoms with Crippen molar-refractivity contribution in [3.05, 3.63) is 29.8 Å². The zero-order valence-electron chi connectivity index (χ0n) is 7.07. The number of pyridine rings is 1. The van der Waals surface area contributed by atoms with Gasteiger partial charge in [0.25, 0.3) is 0 Å². The van der Waals surface area contributed by atoms with Crippen LogP contribution in [0, 0.1) is 5.82 Å². The Bertz CT molecular complexity index is 323. The van der Waals surface area contributed by atoms with E-state index in [1.165, 1.54) is 12.3 Å². The van der Waals surface area contributed by atoms with Crippen molar-refractivity contribution in [1.82, 2.24) is 4.98 Å². The molecular weight excluding hydrogens is 171 g/mol. The van der Waals surface area contributed by atoms with Crippen LogP contribution in [0.2, 0.25) is 0 Å². The summed E-state index contributed by atoms with van der Waals surface area (Å²) in [6, 6.07) is 1.49. The third-order valence-corrected chi connectivity index (χ3v) is 2.47. The number of hydrogen-bond acceptors (Lipinski definition) is 3. The Labute approximate surface area is 75.4 Å². The zero-order chi connectivity index (χ0) is 9.47. The van der Waals surface area contributed by atoms with Crippen LogP contribution in [-0.4, -0.2) is 16.1 Å². The molecule has 13 heavy (non-hydrogen) atoms. The molecule has 4 heteroatoms. The van der Waals surface area contributed by atoms with Crippen LogP contribution in [0.1, 0.15) is 18.4 Å². The van der Waals surface area contributed by atoms with E-state index in [0.717, 1.165) is 6.20 Å². The fourth-order valence-electron chi connectivity index (χ4n) is 1.78. The van der Waals surface area contributed by atoms with Crippen LogP contribution in [0.5, 0.6) is 0 Å². The molecule has 1 fully saturated rings. The fourth-order valence-corrected chi connectivity index (χ4v) is 1.78. The number of nitrogens with two attached hydrogens (primary N) is 1. The minimum absolute atomic E-state index is 0.0161. The lowest BCUT2D eigenvalue weighted by Crippen LogP contribution is -2.49. The summed E-state index contributed by atoms with van der Waals surface area (Å²) in [5.74, 6) is -0.461. The summed E-state index contributed by atoms with van der Waals surface area (Å²) < 4.78 is 13.2. The van der Waals surface area contributed by atoms with E-state index in [4.69, 9.17) is 5.73 Å². The molecule has 0 amide bonds. The number of hydrogen-bond donors (Lipinski definition) is 2. The van der Waals surface area contributed by atoms with E-state index in [2.05, 4.69) is 4.98 Å². The summed E-state index contributed by atoms with van der Waals surface area (Å²) in [5.41, 5.74) is 4.79. The summed E-state index contributed by atoms with van der Waals surface area (Å²) in [4.78, 5) is 3.62. The second-order valence-corrected chi connectivity index (χ2v) is 3.56. The van der Waals surface area contributed by atoms with Gasteiger partial charge in [0, 0.05) is 17.8 Å². The van der Waals surface area contributed by atoms with Gasteiger partial charge in [-0.1, -0.05) is 0 Å². The second-order valence-electron chi connectivity index (χ2n) is 3.56. The van der Waals surface area contributed by atoms with Crippen molar-refractivity contribution in [2.24, 2.45) is 5.73 Å². The lowest BCUT2D eigenvalue weighted by molar-refractivity contribution is -0.0550. The van der Waals surface area contributed by atoms with E-state index in [-0.39, 0.29) is 6.04 Å². The summed E-state index contributed by atoms with van der Waals surface area (Å²) in [5, 5.41) is 9.88. The molecule has 3 nitrogen and oxygen atoms in total. The maximum absolute atomic E-state index is 13.2. The average Bonchev–Trinajstić information content (AvgIpc) is 2.02. The Morgan fingerprint density at radius 2 is 2.31 bits per heavy atom. The number of aliphatic hydroxyl groups is 1. The monoisotopic (exact) mass is 182 g/mol. The van der Waals surface area contributed by atoms with Crippen LogP contribution < -0.4 is 5.73 Å². The van der Waals surface area contributed by atoms with Gasteiger partial charge in [-0.25, -0.2) is 4.39 Å². The van der Waals surface area contributed by atoms with Crippen LogP contribution in [0.4, 0.5) is 4.39 Å². The number of halogens is 1. The first kappa shape index (κ1) is 8.59. The summed E-state index contributed by atoms with van der Waals surface area (Å²) in [6.45, 7) is 0. The molecule has 0 spiro atoms. The van der Waals surface area contributed by atoms with Gasteiger partial charge >= 0.3 is 0 Å². The van der Waals surface area contributed by atoms with Crippen molar-refractivity contribution >= 4 is 0 Å². The SMILES string of the molecule is NC1CC(O)(c2ccncc2F)C1. The van der Waals surface area contributed by atoms with Crippen LogP contribution in [0.15, 0.2) is 18.5 Å². The molecule has 2 rings (SSSR count). The van der Waals surface area contributed by atoms with Crippen LogP contribution >= 0.6 is 0 Å². The first-order valence-corrected chi connectivity index (χ1v) is 4.20. The molecule has 0 unspecified atom stereocenters. The number of nitrogens with zero attached hydrogens (tertiary/aromatic N) is 1. The Kier molecular flexibility index (Phi) is 1.82. The molecular formula is C9H11FN2O. The summed E-state index contributed by atoms with van der Waals surface area (Å²) in [7, 11) is 0. The quantitative estimate of drug-likeness (QED) is 0.666. The van der Waals surface area contributed by atoms with Gasteiger partial charge in [-0.05, 0) is 18.9 Å². The highest BCUT2D eigenvalue weighted by Gasteiger charge is 2.43. The third kappa shape index (κ3) is 1.32. The highest BCUT2D eigenvalue weighted by Crippen LogP contribution is 2.40. The minimum Gasteiger partial charge on any atom is -0.385 e. The highest BCUT2D eigenvalue weighted by molar-refractivity contribution is 5.25. The van der Waals surface area contributed by atoms with Crippen LogP contribution in [0.3, 0.4) is 0 Å². The predicted molar refractivity (Wildman–Crippen MR) is 45.3 cm³/mol. The molecule has 0 bridgehead atoms. The Balaban J connectivity index is 2.31. The first-order valence-electron chi connectivity index (χ1n) is 4.20. The van der Waals surface area contributed by atoms with E-state index < -0.39 is 11.4 Å². The molecule has 70 valence electrons. The molecule has 1 aromatic rings. The van der Waals surface area contributed by atoms with Crippen LogP contribution in [0.25, 0.3) is 0 Å². The van der Waals surface area contributed by atoms with Gasteiger partial charge in [-0.2, -0.15) is 0 Å². The second kappa shape index (κ2) is 2.75. The van der Waals surface area contributed by atoms with Crippen molar-refractivity contribution in [2.45, 2.75) is 24.5 Å². The van der Waals surface area contributed by atoms with Crippen LogP contribution in [-0.2, 0) is 5.60 Å². The third-order valence-electron chi connectivity index (χ3n) is 2.47. The van der Waals surface area contributed by atoms with Gasteiger partial charge in [0.05, 0.1) is 11.8 Å². The number of aromatic nitrogens is 1. The normalized spacial score (nSPS) is 32.7. The lowest BCUT2D eigenvalue weighted by atomic mass is 9.72. The largest absolute Gasteiger partial charge is 0.385 e. The molecule has 0 atom stereocenters. The van der Waals surface area contributed by atoms with Crippen molar-refractivity contribution in [3.8, 4) is 0 Å². The average molecular weight is 182 g/mol. The van der Waals surface area contributed by atoms with E-state index in [9.17, 15) is 9.50 Å². The summed E-state index contributed by atoms with van der Waals surface area (Å²) in [6.07, 6.45) is 3.43. The maximum Gasteiger partial charge on any atom is 0.147 e. The lowest BCUT2D eigenvalue weighted by Gasteiger charge is -2.42. The molecule has 1 aliphatic carbocycles. The molecule has 0 aliphatic heterocycles. The van der Waals surface area contributed by atoms with Crippen molar-refractivity contribution in [3.63, 3.8) is 0 Å². The summed E-state index contributed by atoms with van der Waals surface area (Å²) >= 11 is 0. The molecule has 0 radical (unpaired) electrons. The van der Waals surface area contributed by atoms with E-state index in [0.29, 0.717) is 18.4 Å².